The van der Waals surface area contributed by atoms with E-state index in [1.54, 1.807) is 31.2 Å². The van der Waals surface area contributed by atoms with Crippen LogP contribution in [0.25, 0.3) is 0 Å². The predicted octanol–water partition coefficient (Wildman–Crippen LogP) is 1.09. The van der Waals surface area contributed by atoms with Crippen LogP contribution in [0.2, 0.25) is 0 Å². The van der Waals surface area contributed by atoms with Crippen LogP contribution >= 0.6 is 0 Å². The number of nitrogens with two attached hydrogens (primary N) is 1. The molecule has 31 heavy (non-hydrogen) atoms. The average Bonchev–Trinajstić information content (AvgIpc) is 2.68. The van der Waals surface area contributed by atoms with Gasteiger partial charge in [0.1, 0.15) is 0 Å². The SMILES string of the molecule is Cc1ccc(N2CCCCS2(=O)=O)cc1S(=O)(=O)NCCc1ccc(S(N)(=O)=O)cc1. The average molecular weight is 488 g/mol. The molecule has 1 aliphatic rings. The number of sulfonamides is 3. The number of benzene rings is 2. The van der Waals surface area contributed by atoms with Crippen LogP contribution in [-0.2, 0) is 36.5 Å². The number of aryl methyl sites for hydroxylation is 1. The van der Waals surface area contributed by atoms with Crippen molar-refractivity contribution in [1.82, 2.24) is 4.72 Å². The lowest BCUT2D eigenvalue weighted by atomic mass is 10.2. The first-order chi connectivity index (χ1) is 14.4. The molecule has 1 heterocycles. The molecule has 12 heteroatoms. The molecule has 170 valence electrons. The van der Waals surface area contributed by atoms with Crippen LogP contribution in [0.15, 0.2) is 52.3 Å². The molecule has 0 atom stereocenters. The van der Waals surface area contributed by atoms with Gasteiger partial charge in [-0.2, -0.15) is 0 Å². The van der Waals surface area contributed by atoms with E-state index in [9.17, 15) is 25.3 Å². The number of nitrogens with zero attached hydrogens (tertiary/aromatic N) is 1. The molecule has 3 N–H and O–H groups in total. The Morgan fingerprint density at radius 2 is 1.71 bits per heavy atom. The fourth-order valence-corrected chi connectivity index (χ4v) is 6.81. The van der Waals surface area contributed by atoms with Gasteiger partial charge in [-0.25, -0.2) is 35.1 Å². The molecule has 0 amide bonds. The van der Waals surface area contributed by atoms with E-state index >= 15 is 0 Å². The molecule has 0 saturated carbocycles. The van der Waals surface area contributed by atoms with Crippen molar-refractivity contribution in [2.24, 2.45) is 5.14 Å². The van der Waals surface area contributed by atoms with Crippen molar-refractivity contribution in [3.05, 3.63) is 53.6 Å². The summed E-state index contributed by atoms with van der Waals surface area (Å²) in [7, 11) is -11.1. The Morgan fingerprint density at radius 3 is 2.32 bits per heavy atom. The standard InChI is InChI=1S/C19H25N3O6S3/c1-15-4-7-17(22-12-2-3-13-29(22,23)24)14-19(15)31(27,28)21-11-10-16-5-8-18(9-6-16)30(20,25)26/h4-9,14,21H,2-3,10-13H2,1H3,(H2,20,25,26). The second-order valence-corrected chi connectivity index (χ2v) is 12.7. The Bertz CT molecular complexity index is 1270. The number of hydrogen-bond donors (Lipinski definition) is 2. The summed E-state index contributed by atoms with van der Waals surface area (Å²) in [5.41, 5.74) is 1.58. The minimum atomic E-state index is -3.88. The maximum absolute atomic E-state index is 12.9. The first-order valence-corrected chi connectivity index (χ1v) is 14.3. The van der Waals surface area contributed by atoms with Crippen LogP contribution in [0.4, 0.5) is 5.69 Å². The minimum Gasteiger partial charge on any atom is -0.270 e. The van der Waals surface area contributed by atoms with Gasteiger partial charge in [-0.1, -0.05) is 18.2 Å². The molecule has 1 fully saturated rings. The van der Waals surface area contributed by atoms with E-state index in [0.29, 0.717) is 30.6 Å². The zero-order valence-corrected chi connectivity index (χ0v) is 19.4. The van der Waals surface area contributed by atoms with Gasteiger partial charge in [-0.3, -0.25) is 4.31 Å². The van der Waals surface area contributed by atoms with Gasteiger partial charge >= 0.3 is 0 Å². The van der Waals surface area contributed by atoms with Gasteiger partial charge in [0.05, 0.1) is 21.2 Å². The van der Waals surface area contributed by atoms with E-state index in [1.165, 1.54) is 22.5 Å². The van der Waals surface area contributed by atoms with Crippen molar-refractivity contribution in [3.8, 4) is 0 Å². The maximum atomic E-state index is 12.9. The molecule has 0 aliphatic carbocycles. The molecular weight excluding hydrogens is 462 g/mol. The van der Waals surface area contributed by atoms with Gasteiger partial charge in [0.2, 0.25) is 30.1 Å². The molecule has 1 aliphatic heterocycles. The Hall–Kier alpha value is -1.99. The van der Waals surface area contributed by atoms with Crippen molar-refractivity contribution in [2.45, 2.75) is 36.0 Å². The second kappa shape index (κ2) is 8.87. The lowest BCUT2D eigenvalue weighted by Gasteiger charge is -2.28. The summed E-state index contributed by atoms with van der Waals surface area (Å²) < 4.78 is 76.8. The van der Waals surface area contributed by atoms with Crippen LogP contribution in [0.5, 0.6) is 0 Å². The van der Waals surface area contributed by atoms with E-state index in [2.05, 4.69) is 4.72 Å². The Kier molecular flexibility index (Phi) is 6.77. The summed E-state index contributed by atoms with van der Waals surface area (Å²) in [6.45, 7) is 2.06. The van der Waals surface area contributed by atoms with E-state index in [0.717, 1.165) is 12.0 Å². The fourth-order valence-electron chi connectivity index (χ4n) is 3.37. The molecule has 0 radical (unpaired) electrons. The molecule has 9 nitrogen and oxygen atoms in total. The summed E-state index contributed by atoms with van der Waals surface area (Å²) in [6.07, 6.45) is 1.65. The topological polar surface area (TPSA) is 144 Å². The highest BCUT2D eigenvalue weighted by Crippen LogP contribution is 2.27. The number of primary sulfonamides is 1. The van der Waals surface area contributed by atoms with Gasteiger partial charge in [-0.05, 0) is 61.6 Å². The summed E-state index contributed by atoms with van der Waals surface area (Å²) in [6, 6.07) is 10.5. The van der Waals surface area contributed by atoms with Crippen molar-refractivity contribution in [1.29, 1.82) is 0 Å². The van der Waals surface area contributed by atoms with E-state index in [-0.39, 0.29) is 22.1 Å². The normalized spacial score (nSPS) is 16.9. The summed E-state index contributed by atoms with van der Waals surface area (Å²) in [4.78, 5) is 0.00674. The van der Waals surface area contributed by atoms with Crippen LogP contribution in [0.1, 0.15) is 24.0 Å². The summed E-state index contributed by atoms with van der Waals surface area (Å²) in [5, 5.41) is 5.06. The lowest BCUT2D eigenvalue weighted by molar-refractivity contribution is 0.573. The Labute approximate surface area is 183 Å². The first-order valence-electron chi connectivity index (χ1n) is 9.63. The molecule has 0 unspecified atom stereocenters. The zero-order chi connectivity index (χ0) is 22.9. The van der Waals surface area contributed by atoms with E-state index in [4.69, 9.17) is 5.14 Å². The predicted molar refractivity (Wildman–Crippen MR) is 118 cm³/mol. The summed E-state index contributed by atoms with van der Waals surface area (Å²) >= 11 is 0. The van der Waals surface area contributed by atoms with Crippen LogP contribution in [0.3, 0.4) is 0 Å². The van der Waals surface area contributed by atoms with Gasteiger partial charge in [-0.15, -0.1) is 0 Å². The summed E-state index contributed by atoms with van der Waals surface area (Å²) in [5.74, 6) is 0.0471. The van der Waals surface area contributed by atoms with Crippen LogP contribution < -0.4 is 14.2 Å². The largest absolute Gasteiger partial charge is 0.270 e. The number of anilines is 1. The quantitative estimate of drug-likeness (QED) is 0.598. The Balaban J connectivity index is 1.74. The molecule has 2 aromatic rings. The van der Waals surface area contributed by atoms with Crippen molar-refractivity contribution >= 4 is 35.8 Å². The molecule has 0 bridgehead atoms. The van der Waals surface area contributed by atoms with E-state index in [1.807, 2.05) is 0 Å². The third kappa shape index (κ3) is 5.63. The van der Waals surface area contributed by atoms with E-state index < -0.39 is 30.1 Å². The second-order valence-electron chi connectivity index (χ2n) is 7.38. The highest BCUT2D eigenvalue weighted by atomic mass is 32.2. The molecule has 1 saturated heterocycles. The zero-order valence-electron chi connectivity index (χ0n) is 17.0. The number of nitrogens with one attached hydrogen (secondary N) is 1. The fraction of sp³-hybridized carbons (Fsp3) is 0.368. The highest BCUT2D eigenvalue weighted by molar-refractivity contribution is 7.92. The molecular formula is C19H25N3O6S3. The van der Waals surface area contributed by atoms with Crippen molar-refractivity contribution < 1.29 is 25.3 Å². The molecule has 2 aromatic carbocycles. The van der Waals surface area contributed by atoms with Gasteiger partial charge < -0.3 is 0 Å². The van der Waals surface area contributed by atoms with Crippen LogP contribution in [-0.4, -0.2) is 44.1 Å². The number of hydrogen-bond acceptors (Lipinski definition) is 6. The van der Waals surface area contributed by atoms with Gasteiger partial charge in [0.25, 0.3) is 0 Å². The maximum Gasteiger partial charge on any atom is 0.240 e. The van der Waals surface area contributed by atoms with Gasteiger partial charge in [0, 0.05) is 13.1 Å². The first kappa shape index (κ1) is 23.7. The Morgan fingerprint density at radius 1 is 1.03 bits per heavy atom. The van der Waals surface area contributed by atoms with Gasteiger partial charge in [0.15, 0.2) is 0 Å². The third-order valence-corrected chi connectivity index (χ3v) is 9.46. The number of rotatable bonds is 7. The highest BCUT2D eigenvalue weighted by Gasteiger charge is 2.27. The monoisotopic (exact) mass is 487 g/mol. The smallest absolute Gasteiger partial charge is 0.240 e. The third-order valence-electron chi connectivity index (χ3n) is 5.06. The van der Waals surface area contributed by atoms with Crippen molar-refractivity contribution in [3.63, 3.8) is 0 Å². The lowest BCUT2D eigenvalue weighted by Crippen LogP contribution is -2.38. The van der Waals surface area contributed by atoms with Crippen molar-refractivity contribution in [2.75, 3.05) is 23.1 Å². The molecule has 0 spiro atoms. The molecule has 0 aromatic heterocycles. The molecule has 3 rings (SSSR count). The van der Waals surface area contributed by atoms with Crippen LogP contribution in [0, 0.1) is 6.92 Å². The minimum absolute atomic E-state index is 0.0167.